The zero-order chi connectivity index (χ0) is 27.5. The van der Waals surface area contributed by atoms with Gasteiger partial charge in [-0.2, -0.15) is 0 Å². The summed E-state index contributed by atoms with van der Waals surface area (Å²) in [6.07, 6.45) is 1.91. The molecule has 0 saturated carbocycles. The Morgan fingerprint density at radius 1 is 0.757 bits per heavy atom. The van der Waals surface area contributed by atoms with Crippen LogP contribution in [0.5, 0.6) is 17.6 Å². The Bertz CT molecular complexity index is 1050. The van der Waals surface area contributed by atoms with Crippen LogP contribution in [0.4, 0.5) is 0 Å². The fourth-order valence-corrected chi connectivity index (χ4v) is 2.47. The van der Waals surface area contributed by atoms with Crippen molar-refractivity contribution in [2.24, 2.45) is 0 Å². The molecule has 0 spiro atoms. The molecule has 0 aromatic carbocycles. The number of ether oxygens (including phenoxy) is 3. The number of aromatic nitrogens is 6. The molecule has 0 atom stereocenters. The van der Waals surface area contributed by atoms with Gasteiger partial charge in [0.1, 0.15) is 0 Å². The van der Waals surface area contributed by atoms with Gasteiger partial charge in [-0.25, -0.2) is 0 Å². The van der Waals surface area contributed by atoms with Crippen LogP contribution in [0.3, 0.4) is 0 Å². The summed E-state index contributed by atoms with van der Waals surface area (Å²) in [5, 5.41) is 30.9. The second kappa shape index (κ2) is 21.1. The number of nitrogens with zero attached hydrogens (tertiary/aromatic N) is 6. The molecule has 0 saturated heterocycles. The molecule has 0 aliphatic rings. The van der Waals surface area contributed by atoms with Gasteiger partial charge in [0.25, 0.3) is 0 Å². The van der Waals surface area contributed by atoms with Gasteiger partial charge in [0.15, 0.2) is 15.5 Å². The Labute approximate surface area is 232 Å². The minimum absolute atomic E-state index is 0. The number of aryl methyl sites for hydroxylation is 2. The van der Waals surface area contributed by atoms with Crippen LogP contribution >= 0.6 is 34.8 Å². The number of hydrogen-bond donors (Lipinski definition) is 1. The lowest BCUT2D eigenvalue weighted by Gasteiger charge is -2.02. The Hall–Kier alpha value is -3.02. The molecule has 14 heteroatoms. The van der Waals surface area contributed by atoms with Gasteiger partial charge in [0.05, 0.1) is 21.3 Å². The van der Waals surface area contributed by atoms with Gasteiger partial charge in [0, 0.05) is 24.1 Å². The summed E-state index contributed by atoms with van der Waals surface area (Å²) in [5.41, 5.74) is 1.94. The molecular formula is C23H33Cl3N6O5. The largest absolute Gasteiger partial charge is 0.481 e. The molecule has 0 unspecified atom stereocenters. The SMILES string of the molecule is C.CCC(=O)O.CCc1cc(Cl)nnc1OC.CCc1cc(OC)nnc1Cl.COc1ccc(Cl)nn1. The van der Waals surface area contributed by atoms with Crippen molar-refractivity contribution in [3.05, 3.63) is 50.9 Å². The van der Waals surface area contributed by atoms with E-state index in [-0.39, 0.29) is 13.8 Å². The molecule has 0 fully saturated rings. The van der Waals surface area contributed by atoms with Gasteiger partial charge in [0.2, 0.25) is 17.6 Å². The maximum Gasteiger partial charge on any atom is 0.303 e. The lowest BCUT2D eigenvalue weighted by Crippen LogP contribution is -1.95. The standard InChI is InChI=1S/2C7H9ClN2O.C5H5ClN2O.C3H6O2.CH4/c1-3-5-4-6(11-2)9-10-7(5)8;1-3-5-4-6(8)9-10-7(5)11-2;1-9-5-3-2-4(6)7-8-5;1-2-3(4)5;/h2*4H,3H2,1-2H3;2-3H,1H3;2H2,1H3,(H,4,5);1H4. The van der Waals surface area contributed by atoms with Gasteiger partial charge in [-0.3, -0.25) is 4.79 Å². The molecule has 3 aromatic rings. The van der Waals surface area contributed by atoms with Crippen molar-refractivity contribution < 1.29 is 24.1 Å². The van der Waals surface area contributed by atoms with Gasteiger partial charge in [-0.1, -0.05) is 63.0 Å². The van der Waals surface area contributed by atoms with E-state index in [0.717, 1.165) is 24.0 Å². The molecule has 0 bridgehead atoms. The summed E-state index contributed by atoms with van der Waals surface area (Å²) in [4.78, 5) is 9.37. The van der Waals surface area contributed by atoms with Crippen molar-refractivity contribution in [2.75, 3.05) is 21.3 Å². The van der Waals surface area contributed by atoms with E-state index in [9.17, 15) is 4.79 Å². The molecule has 11 nitrogen and oxygen atoms in total. The van der Waals surface area contributed by atoms with E-state index in [0.29, 0.717) is 33.1 Å². The predicted octanol–water partition coefficient (Wildman–Crippen LogP) is 5.66. The second-order valence-corrected chi connectivity index (χ2v) is 7.39. The van der Waals surface area contributed by atoms with Crippen molar-refractivity contribution in [3.63, 3.8) is 0 Å². The molecule has 0 radical (unpaired) electrons. The monoisotopic (exact) mass is 578 g/mol. The Balaban J connectivity index is 0. The topological polar surface area (TPSA) is 142 Å². The fourth-order valence-electron chi connectivity index (χ4n) is 1.97. The molecule has 3 rings (SSSR count). The highest BCUT2D eigenvalue weighted by Gasteiger charge is 2.03. The molecule has 0 aliphatic carbocycles. The van der Waals surface area contributed by atoms with Crippen LogP contribution in [0.15, 0.2) is 24.3 Å². The summed E-state index contributed by atoms with van der Waals surface area (Å²) < 4.78 is 14.6. The number of carboxylic acids is 1. The van der Waals surface area contributed by atoms with Crippen molar-refractivity contribution in [1.29, 1.82) is 0 Å². The number of halogens is 3. The summed E-state index contributed by atoms with van der Waals surface area (Å²) >= 11 is 16.8. The zero-order valence-electron chi connectivity index (χ0n) is 20.8. The maximum atomic E-state index is 9.37. The number of carboxylic acid groups (broad SMARTS) is 1. The van der Waals surface area contributed by atoms with E-state index in [2.05, 4.69) is 30.6 Å². The normalized spacial score (nSPS) is 9.00. The van der Waals surface area contributed by atoms with Crippen molar-refractivity contribution in [1.82, 2.24) is 30.6 Å². The third kappa shape index (κ3) is 15.6. The zero-order valence-corrected chi connectivity index (χ0v) is 23.1. The molecule has 3 aromatic heterocycles. The minimum atomic E-state index is -0.745. The Kier molecular flexibility index (Phi) is 20.6. The van der Waals surface area contributed by atoms with Crippen LogP contribution in [0.1, 0.15) is 45.7 Å². The van der Waals surface area contributed by atoms with E-state index in [4.69, 9.17) is 54.1 Å². The predicted molar refractivity (Wildman–Crippen MR) is 144 cm³/mol. The third-order valence-corrected chi connectivity index (χ3v) is 4.59. The van der Waals surface area contributed by atoms with Gasteiger partial charge in [-0.15, -0.1) is 30.6 Å². The third-order valence-electron chi connectivity index (χ3n) is 3.89. The molecule has 0 aliphatic heterocycles. The Morgan fingerprint density at radius 2 is 1.30 bits per heavy atom. The Morgan fingerprint density at radius 3 is 1.73 bits per heavy atom. The quantitative estimate of drug-likeness (QED) is 0.386. The van der Waals surface area contributed by atoms with Crippen LogP contribution in [0.25, 0.3) is 0 Å². The van der Waals surface area contributed by atoms with Gasteiger partial charge in [-0.05, 0) is 30.5 Å². The molecule has 3 heterocycles. The highest BCUT2D eigenvalue weighted by atomic mass is 35.5. The van der Waals surface area contributed by atoms with Crippen LogP contribution < -0.4 is 14.2 Å². The summed E-state index contributed by atoms with van der Waals surface area (Å²) in [6, 6.07) is 6.81. The highest BCUT2D eigenvalue weighted by Crippen LogP contribution is 2.17. The number of rotatable bonds is 6. The van der Waals surface area contributed by atoms with Gasteiger partial charge < -0.3 is 19.3 Å². The average Bonchev–Trinajstić information content (AvgIpc) is 2.90. The van der Waals surface area contributed by atoms with E-state index in [1.165, 1.54) is 7.11 Å². The number of methoxy groups -OCH3 is 3. The summed E-state index contributed by atoms with van der Waals surface area (Å²) in [6.45, 7) is 5.61. The highest BCUT2D eigenvalue weighted by molar-refractivity contribution is 6.30. The summed E-state index contributed by atoms with van der Waals surface area (Å²) in [7, 11) is 4.65. The average molecular weight is 580 g/mol. The number of carbonyl (C=O) groups is 1. The first kappa shape index (κ1) is 36.1. The second-order valence-electron chi connectivity index (χ2n) is 6.26. The molecular weight excluding hydrogens is 547 g/mol. The molecule has 37 heavy (non-hydrogen) atoms. The molecule has 1 N–H and O–H groups in total. The van der Waals surface area contributed by atoms with E-state index >= 15 is 0 Å². The fraction of sp³-hybridized carbons (Fsp3) is 0.435. The number of hydrogen-bond acceptors (Lipinski definition) is 10. The van der Waals surface area contributed by atoms with Crippen LogP contribution in [-0.4, -0.2) is 63.0 Å². The number of aliphatic carboxylic acids is 1. The van der Waals surface area contributed by atoms with Crippen molar-refractivity contribution >= 4 is 40.8 Å². The van der Waals surface area contributed by atoms with E-state index in [1.807, 2.05) is 13.8 Å². The first-order chi connectivity index (χ1) is 17.1. The van der Waals surface area contributed by atoms with E-state index in [1.54, 1.807) is 45.4 Å². The molecule has 0 amide bonds. The van der Waals surface area contributed by atoms with Crippen LogP contribution in [-0.2, 0) is 17.6 Å². The van der Waals surface area contributed by atoms with Crippen LogP contribution in [0.2, 0.25) is 15.5 Å². The smallest absolute Gasteiger partial charge is 0.303 e. The van der Waals surface area contributed by atoms with E-state index < -0.39 is 5.97 Å². The maximum absolute atomic E-state index is 9.37. The van der Waals surface area contributed by atoms with Gasteiger partial charge >= 0.3 is 5.97 Å². The molecule has 206 valence electrons. The lowest BCUT2D eigenvalue weighted by atomic mass is 10.2. The first-order valence-electron chi connectivity index (χ1n) is 10.5. The van der Waals surface area contributed by atoms with Crippen LogP contribution in [0, 0.1) is 0 Å². The first-order valence-corrected chi connectivity index (χ1v) is 11.7. The summed E-state index contributed by atoms with van der Waals surface area (Å²) in [5.74, 6) is 0.785. The minimum Gasteiger partial charge on any atom is -0.481 e. The van der Waals surface area contributed by atoms with Crippen molar-refractivity contribution in [2.45, 2.75) is 47.5 Å². The van der Waals surface area contributed by atoms with Crippen molar-refractivity contribution in [3.8, 4) is 17.6 Å². The lowest BCUT2D eigenvalue weighted by molar-refractivity contribution is -0.136.